The van der Waals surface area contributed by atoms with Gasteiger partial charge in [-0.1, -0.05) is 18.2 Å². The average molecular weight is 641 g/mol. The molecule has 0 unspecified atom stereocenters. The lowest BCUT2D eigenvalue weighted by atomic mass is 10.1. The topological polar surface area (TPSA) is 73.2 Å². The van der Waals surface area contributed by atoms with Gasteiger partial charge in [-0.3, -0.25) is 0 Å². The SMILES string of the molecule is COc1ccc(-n2cccc2)c(N)c1.COc1ccc(N(C)C)cc1.Cc1ccc2c(c1)nc(-c1ccc(N(C)C)cc1)c1cccn12. The molecule has 2 N–H and O–H groups in total. The van der Waals surface area contributed by atoms with Crippen LogP contribution >= 0.6 is 0 Å². The molecule has 0 atom stereocenters. The zero-order valence-corrected chi connectivity index (χ0v) is 28.8. The maximum atomic E-state index is 5.89. The number of methoxy groups -OCH3 is 2. The monoisotopic (exact) mass is 640 g/mol. The van der Waals surface area contributed by atoms with Crippen molar-refractivity contribution in [2.24, 2.45) is 0 Å². The van der Waals surface area contributed by atoms with E-state index in [2.05, 4.69) is 96.0 Å². The van der Waals surface area contributed by atoms with Crippen LogP contribution in [0.2, 0.25) is 0 Å². The molecule has 4 aromatic carbocycles. The summed E-state index contributed by atoms with van der Waals surface area (Å²) >= 11 is 0. The predicted octanol–water partition coefficient (Wildman–Crippen LogP) is 8.36. The van der Waals surface area contributed by atoms with Crippen LogP contribution in [-0.2, 0) is 0 Å². The van der Waals surface area contributed by atoms with Gasteiger partial charge in [-0.25, -0.2) is 4.98 Å². The van der Waals surface area contributed by atoms with Crippen molar-refractivity contribution < 1.29 is 9.47 Å². The first-order valence-electron chi connectivity index (χ1n) is 15.7. The van der Waals surface area contributed by atoms with Crippen LogP contribution in [0.3, 0.4) is 0 Å². The fourth-order valence-corrected chi connectivity index (χ4v) is 5.29. The van der Waals surface area contributed by atoms with Crippen molar-refractivity contribution >= 4 is 33.6 Å². The van der Waals surface area contributed by atoms with Crippen molar-refractivity contribution in [2.45, 2.75) is 6.92 Å². The zero-order valence-electron chi connectivity index (χ0n) is 28.8. The van der Waals surface area contributed by atoms with Crippen LogP contribution in [-0.4, -0.2) is 56.4 Å². The van der Waals surface area contributed by atoms with E-state index in [0.717, 1.165) is 45.0 Å². The molecule has 8 nitrogen and oxygen atoms in total. The first-order chi connectivity index (χ1) is 23.2. The van der Waals surface area contributed by atoms with Crippen molar-refractivity contribution in [3.63, 3.8) is 0 Å². The number of anilines is 3. The fourth-order valence-electron chi connectivity index (χ4n) is 5.29. The van der Waals surface area contributed by atoms with E-state index in [1.54, 1.807) is 14.2 Å². The normalized spacial score (nSPS) is 10.5. The predicted molar refractivity (Wildman–Crippen MR) is 201 cm³/mol. The average Bonchev–Trinajstić information content (AvgIpc) is 3.82. The van der Waals surface area contributed by atoms with E-state index in [4.69, 9.17) is 20.2 Å². The molecule has 8 heteroatoms. The molecule has 0 aliphatic rings. The van der Waals surface area contributed by atoms with Gasteiger partial charge in [0.05, 0.1) is 47.8 Å². The van der Waals surface area contributed by atoms with Gasteiger partial charge in [0.15, 0.2) is 0 Å². The molecule has 0 bridgehead atoms. The van der Waals surface area contributed by atoms with Crippen molar-refractivity contribution in [2.75, 3.05) is 57.9 Å². The second-order valence-electron chi connectivity index (χ2n) is 11.8. The van der Waals surface area contributed by atoms with Gasteiger partial charge in [-0.15, -0.1) is 0 Å². The minimum atomic E-state index is 0.709. The van der Waals surface area contributed by atoms with E-state index < -0.39 is 0 Å². The molecule has 7 aromatic rings. The third kappa shape index (κ3) is 7.73. The molecule has 0 aliphatic heterocycles. The van der Waals surface area contributed by atoms with E-state index in [-0.39, 0.29) is 0 Å². The highest BCUT2D eigenvalue weighted by Crippen LogP contribution is 2.29. The van der Waals surface area contributed by atoms with E-state index in [0.29, 0.717) is 5.69 Å². The van der Waals surface area contributed by atoms with E-state index in [9.17, 15) is 0 Å². The van der Waals surface area contributed by atoms with Gasteiger partial charge >= 0.3 is 0 Å². The Morgan fingerprint density at radius 3 is 1.81 bits per heavy atom. The van der Waals surface area contributed by atoms with Gasteiger partial charge in [0.25, 0.3) is 0 Å². The lowest BCUT2D eigenvalue weighted by Crippen LogP contribution is -2.08. The Hall–Kier alpha value is -5.89. The number of nitrogens with two attached hydrogens (primary N) is 1. The number of hydrogen-bond acceptors (Lipinski definition) is 6. The Morgan fingerprint density at radius 2 is 1.23 bits per heavy atom. The Balaban J connectivity index is 0.000000154. The summed E-state index contributed by atoms with van der Waals surface area (Å²) in [6.07, 6.45) is 6.02. The molecule has 0 fully saturated rings. The van der Waals surface area contributed by atoms with Gasteiger partial charge < -0.3 is 34.0 Å². The number of nitrogens with zero attached hydrogens (tertiary/aromatic N) is 5. The molecular weight excluding hydrogens is 596 g/mol. The summed E-state index contributed by atoms with van der Waals surface area (Å²) in [5, 5.41) is 0. The summed E-state index contributed by atoms with van der Waals surface area (Å²) in [5.41, 5.74) is 16.6. The molecule has 0 radical (unpaired) electrons. The summed E-state index contributed by atoms with van der Waals surface area (Å²) in [4.78, 5) is 9.11. The summed E-state index contributed by atoms with van der Waals surface area (Å²) in [6.45, 7) is 2.10. The first-order valence-corrected chi connectivity index (χ1v) is 15.7. The van der Waals surface area contributed by atoms with Crippen molar-refractivity contribution in [1.29, 1.82) is 0 Å². The van der Waals surface area contributed by atoms with Crippen LogP contribution in [0.5, 0.6) is 11.5 Å². The summed E-state index contributed by atoms with van der Waals surface area (Å²) < 4.78 is 14.3. The van der Waals surface area contributed by atoms with Crippen molar-refractivity contribution in [1.82, 2.24) is 14.0 Å². The van der Waals surface area contributed by atoms with E-state index >= 15 is 0 Å². The number of rotatable bonds is 6. The van der Waals surface area contributed by atoms with Crippen LogP contribution in [0, 0.1) is 6.92 Å². The molecule has 3 heterocycles. The van der Waals surface area contributed by atoms with Crippen molar-refractivity contribution in [3.05, 3.63) is 133 Å². The highest BCUT2D eigenvalue weighted by Gasteiger charge is 2.10. The summed E-state index contributed by atoms with van der Waals surface area (Å²) in [7, 11) is 11.4. The Morgan fingerprint density at radius 1 is 0.625 bits per heavy atom. The molecule has 0 saturated carbocycles. The fraction of sp³-hybridized carbons (Fsp3) is 0.175. The number of aryl methyl sites for hydroxylation is 1. The van der Waals surface area contributed by atoms with E-state index in [1.165, 1.54) is 16.9 Å². The van der Waals surface area contributed by atoms with Gasteiger partial charge in [-0.05, 0) is 97.4 Å². The smallest absolute Gasteiger partial charge is 0.121 e. The molecule has 0 amide bonds. The maximum Gasteiger partial charge on any atom is 0.121 e. The number of benzene rings is 4. The van der Waals surface area contributed by atoms with Gasteiger partial charge in [0, 0.05) is 69.8 Å². The Labute approximate surface area is 283 Å². The van der Waals surface area contributed by atoms with Gasteiger partial charge in [-0.2, -0.15) is 0 Å². The quantitative estimate of drug-likeness (QED) is 0.184. The Bertz CT molecular complexity index is 2060. The van der Waals surface area contributed by atoms with Crippen LogP contribution in [0.4, 0.5) is 17.1 Å². The van der Waals surface area contributed by atoms with Crippen LogP contribution in [0.15, 0.2) is 128 Å². The standard InChI is InChI=1S/C20H19N3.C11H12N2O.C9H13NO/c1-14-6-11-18-17(13-14)21-20(19-5-4-12-23(18)19)15-7-9-16(10-8-15)22(2)3;1-14-9-4-5-11(10(12)8-9)13-6-2-3-7-13;1-10(2)8-4-6-9(11-3)7-5-8/h4-13H,1-3H3;2-8H,12H2,1H3;4-7H,1-3H3. The lowest BCUT2D eigenvalue weighted by molar-refractivity contribution is 0.415. The largest absolute Gasteiger partial charge is 0.497 e. The molecule has 48 heavy (non-hydrogen) atoms. The second kappa shape index (κ2) is 15.1. The van der Waals surface area contributed by atoms with Gasteiger partial charge in [0.2, 0.25) is 0 Å². The van der Waals surface area contributed by atoms with Crippen LogP contribution in [0.1, 0.15) is 5.56 Å². The number of nitrogen functional groups attached to an aromatic ring is 1. The number of fused-ring (bicyclic) bond motifs is 3. The zero-order chi connectivity index (χ0) is 34.2. The minimum absolute atomic E-state index is 0.709. The summed E-state index contributed by atoms with van der Waals surface area (Å²) in [6, 6.07) is 36.7. The van der Waals surface area contributed by atoms with Crippen LogP contribution < -0.4 is 25.0 Å². The Kier molecular flexibility index (Phi) is 10.6. The lowest BCUT2D eigenvalue weighted by Gasteiger charge is -2.13. The van der Waals surface area contributed by atoms with E-state index in [1.807, 2.05) is 85.7 Å². The third-order valence-electron chi connectivity index (χ3n) is 7.98. The molecule has 246 valence electrons. The molecule has 0 saturated heterocycles. The number of hydrogen-bond donors (Lipinski definition) is 1. The molecule has 0 aliphatic carbocycles. The third-order valence-corrected chi connectivity index (χ3v) is 7.98. The minimum Gasteiger partial charge on any atom is -0.497 e. The van der Waals surface area contributed by atoms with Gasteiger partial charge in [0.1, 0.15) is 11.5 Å². The summed E-state index contributed by atoms with van der Waals surface area (Å²) in [5.74, 6) is 1.68. The van der Waals surface area contributed by atoms with Crippen molar-refractivity contribution in [3.8, 4) is 28.4 Å². The number of ether oxygens (including phenoxy) is 2. The first kappa shape index (κ1) is 33.5. The highest BCUT2D eigenvalue weighted by molar-refractivity contribution is 5.88. The van der Waals surface area contributed by atoms with Crippen LogP contribution in [0.25, 0.3) is 33.5 Å². The molecular formula is C40H44N6O2. The molecule has 3 aromatic heterocycles. The molecule has 7 rings (SSSR count). The maximum absolute atomic E-state index is 5.89. The highest BCUT2D eigenvalue weighted by atomic mass is 16.5. The molecule has 0 spiro atoms. The number of aromatic nitrogens is 3. The second-order valence-corrected chi connectivity index (χ2v) is 11.8.